The Morgan fingerprint density at radius 3 is 0.846 bits per heavy atom. The van der Waals surface area contributed by atoms with Gasteiger partial charge >= 0.3 is 11.9 Å². The molecule has 0 N–H and O–H groups in total. The van der Waals surface area contributed by atoms with Crippen molar-refractivity contribution in [2.45, 2.75) is 201 Å². The zero-order valence-corrected chi connectivity index (χ0v) is 27.5. The smallest absolute Gasteiger partial charge is 0.328 e. The number of thiol groups is 1. The fourth-order valence-corrected chi connectivity index (χ4v) is 6.44. The van der Waals surface area contributed by atoms with Crippen molar-refractivity contribution in [2.24, 2.45) is 0 Å². The molecule has 0 bridgehead atoms. The van der Waals surface area contributed by atoms with Crippen molar-refractivity contribution < 1.29 is 18.0 Å². The number of unbranched alkanes of at least 4 members (excludes halogenated alkanes) is 25. The lowest BCUT2D eigenvalue weighted by Gasteiger charge is -2.24. The monoisotopic (exact) mass is 572 g/mol. The molecule has 0 fully saturated rings. The van der Waals surface area contributed by atoms with Gasteiger partial charge in [-0.3, -0.25) is 9.59 Å². The molecule has 5 heteroatoms. The van der Waals surface area contributed by atoms with Gasteiger partial charge in [0.2, 0.25) is 0 Å². The van der Waals surface area contributed by atoms with Crippen molar-refractivity contribution >= 4 is 23.4 Å². The molecule has 39 heavy (non-hydrogen) atoms. The lowest BCUT2D eigenvalue weighted by atomic mass is 10.0. The molecule has 0 amide bonds. The highest BCUT2D eigenvalue weighted by molar-refractivity contribution is 8.09. The fraction of sp³-hybridized carbons (Fsp3) is 0.941. The standard InChI is InChI=1S/C34H68O4S/c1-4-7-8-9-10-11-12-13-14-15-16-17-18-19-20-21-22-23-24-25-26-27-28-29-30-31-32-39(37-33(35)5-2)38-34(36)6-3/h39H,4-32H2,1-3H3. The van der Waals surface area contributed by atoms with Crippen LogP contribution in [0.15, 0.2) is 0 Å². The molecule has 0 aromatic heterocycles. The van der Waals surface area contributed by atoms with Gasteiger partial charge in [-0.1, -0.05) is 181 Å². The molecule has 0 aliphatic carbocycles. The molecule has 0 radical (unpaired) electrons. The van der Waals surface area contributed by atoms with Crippen molar-refractivity contribution in [2.75, 3.05) is 5.75 Å². The maximum atomic E-state index is 11.5. The summed E-state index contributed by atoms with van der Waals surface area (Å²) in [6, 6.07) is 0. The van der Waals surface area contributed by atoms with Crippen LogP contribution in [0.4, 0.5) is 0 Å². The summed E-state index contributed by atoms with van der Waals surface area (Å²) in [5, 5.41) is 0. The number of carbonyl (C=O) groups is 2. The third-order valence-corrected chi connectivity index (χ3v) is 9.17. The van der Waals surface area contributed by atoms with Crippen molar-refractivity contribution in [3.05, 3.63) is 0 Å². The first-order valence-corrected chi connectivity index (χ1v) is 18.7. The van der Waals surface area contributed by atoms with E-state index in [4.69, 9.17) is 8.37 Å². The Balaban J connectivity index is 3.29. The second-order valence-electron chi connectivity index (χ2n) is 11.5. The van der Waals surface area contributed by atoms with Gasteiger partial charge in [-0.05, 0) is 6.42 Å². The Bertz CT molecular complexity index is 507. The third-order valence-electron chi connectivity index (χ3n) is 7.68. The van der Waals surface area contributed by atoms with E-state index in [0.29, 0.717) is 18.6 Å². The van der Waals surface area contributed by atoms with Crippen LogP contribution in [-0.4, -0.2) is 17.7 Å². The predicted octanol–water partition coefficient (Wildman–Crippen LogP) is 11.9. The maximum Gasteiger partial charge on any atom is 0.328 e. The lowest BCUT2D eigenvalue weighted by molar-refractivity contribution is -0.136. The van der Waals surface area contributed by atoms with Crippen molar-refractivity contribution in [3.8, 4) is 0 Å². The largest absolute Gasteiger partial charge is 0.347 e. The average Bonchev–Trinajstić information content (AvgIpc) is 2.94. The van der Waals surface area contributed by atoms with Gasteiger partial charge in [0.05, 0.1) is 5.75 Å². The van der Waals surface area contributed by atoms with E-state index in [1.165, 1.54) is 154 Å². The van der Waals surface area contributed by atoms with Gasteiger partial charge < -0.3 is 8.37 Å². The van der Waals surface area contributed by atoms with Crippen LogP contribution in [0.3, 0.4) is 0 Å². The lowest BCUT2D eigenvalue weighted by Crippen LogP contribution is -2.09. The topological polar surface area (TPSA) is 52.6 Å². The minimum Gasteiger partial charge on any atom is -0.347 e. The van der Waals surface area contributed by atoms with Crippen LogP contribution in [0.1, 0.15) is 201 Å². The van der Waals surface area contributed by atoms with E-state index in [-0.39, 0.29) is 11.9 Å². The minimum atomic E-state index is -1.40. The Labute approximate surface area is 247 Å². The van der Waals surface area contributed by atoms with Crippen molar-refractivity contribution in [3.63, 3.8) is 0 Å². The zero-order valence-electron chi connectivity index (χ0n) is 26.6. The highest BCUT2D eigenvalue weighted by Gasteiger charge is 2.11. The number of carbonyl (C=O) groups excluding carboxylic acids is 2. The molecule has 0 saturated carbocycles. The minimum absolute atomic E-state index is 0.278. The van der Waals surface area contributed by atoms with Crippen LogP contribution in [0.5, 0.6) is 0 Å². The van der Waals surface area contributed by atoms with Gasteiger partial charge in [0.1, 0.15) is 0 Å². The molecule has 0 unspecified atom stereocenters. The van der Waals surface area contributed by atoms with E-state index in [1.54, 1.807) is 13.8 Å². The second-order valence-corrected chi connectivity index (χ2v) is 13.0. The molecule has 0 aliphatic rings. The molecule has 4 nitrogen and oxygen atoms in total. The molecule has 0 rings (SSSR count). The SMILES string of the molecule is CCCCCCCCCCCCCCCCCCCCCCCCCCCC[SH](OC(=O)CC)OC(=O)CC. The van der Waals surface area contributed by atoms with Crippen LogP contribution in [-0.2, 0) is 18.0 Å². The first-order valence-electron chi connectivity index (χ1n) is 17.3. The Morgan fingerprint density at radius 1 is 0.385 bits per heavy atom. The summed E-state index contributed by atoms with van der Waals surface area (Å²) in [4.78, 5) is 23.1. The molecule has 0 aromatic carbocycles. The summed E-state index contributed by atoms with van der Waals surface area (Å²) >= 11 is -1.40. The number of hydrogen-bond acceptors (Lipinski definition) is 4. The molecule has 0 heterocycles. The van der Waals surface area contributed by atoms with Crippen LogP contribution in [0.25, 0.3) is 0 Å². The molecular formula is C34H68O4S. The fourth-order valence-electron chi connectivity index (χ4n) is 5.02. The molecule has 0 aliphatic heterocycles. The maximum absolute atomic E-state index is 11.5. The van der Waals surface area contributed by atoms with Gasteiger partial charge in [0, 0.05) is 12.8 Å². The summed E-state index contributed by atoms with van der Waals surface area (Å²) in [6.07, 6.45) is 36.7. The Kier molecular flexibility index (Phi) is 31.2. The van der Waals surface area contributed by atoms with Gasteiger partial charge in [0.15, 0.2) is 0 Å². The van der Waals surface area contributed by atoms with Gasteiger partial charge in [-0.25, -0.2) is 0 Å². The van der Waals surface area contributed by atoms with Crippen LogP contribution in [0, 0.1) is 0 Å². The summed E-state index contributed by atoms with van der Waals surface area (Å²) in [5.74, 6) is 0.117. The van der Waals surface area contributed by atoms with E-state index < -0.39 is 11.5 Å². The summed E-state index contributed by atoms with van der Waals surface area (Å²) < 4.78 is 10.6. The number of rotatable bonds is 31. The molecule has 0 aromatic rings. The average molecular weight is 573 g/mol. The first-order chi connectivity index (χ1) is 19.1. The third kappa shape index (κ3) is 30.1. The zero-order chi connectivity index (χ0) is 28.7. The summed E-state index contributed by atoms with van der Waals surface area (Å²) in [6.45, 7) is 5.82. The van der Waals surface area contributed by atoms with E-state index in [9.17, 15) is 9.59 Å². The Morgan fingerprint density at radius 2 is 0.615 bits per heavy atom. The quantitative estimate of drug-likeness (QED) is 0.0663. The molecule has 234 valence electrons. The highest BCUT2D eigenvalue weighted by Crippen LogP contribution is 2.31. The van der Waals surface area contributed by atoms with Crippen LogP contribution in [0.2, 0.25) is 0 Å². The number of hydrogen-bond donors (Lipinski definition) is 1. The molecule has 0 spiro atoms. The second kappa shape index (κ2) is 31.8. The van der Waals surface area contributed by atoms with Gasteiger partial charge in [0.25, 0.3) is 0 Å². The van der Waals surface area contributed by atoms with Gasteiger partial charge in [-0.15, -0.1) is 11.5 Å². The van der Waals surface area contributed by atoms with Crippen LogP contribution < -0.4 is 0 Å². The molecule has 0 atom stereocenters. The molecule has 0 saturated heterocycles. The normalized spacial score (nSPS) is 11.5. The van der Waals surface area contributed by atoms with Crippen molar-refractivity contribution in [1.29, 1.82) is 0 Å². The van der Waals surface area contributed by atoms with E-state index in [1.807, 2.05) is 0 Å². The van der Waals surface area contributed by atoms with Gasteiger partial charge in [-0.2, -0.15) is 0 Å². The van der Waals surface area contributed by atoms with E-state index in [2.05, 4.69) is 6.92 Å². The van der Waals surface area contributed by atoms with E-state index in [0.717, 1.165) is 12.8 Å². The Hall–Kier alpha value is -0.710. The van der Waals surface area contributed by atoms with E-state index >= 15 is 0 Å². The summed E-state index contributed by atoms with van der Waals surface area (Å²) in [7, 11) is 0. The summed E-state index contributed by atoms with van der Waals surface area (Å²) in [5.41, 5.74) is 0. The van der Waals surface area contributed by atoms with Crippen LogP contribution >= 0.6 is 11.5 Å². The predicted molar refractivity (Wildman–Crippen MR) is 172 cm³/mol. The highest BCUT2D eigenvalue weighted by atomic mass is 32.2. The first kappa shape index (κ1) is 38.3. The van der Waals surface area contributed by atoms with Crippen molar-refractivity contribution in [1.82, 2.24) is 0 Å². The molecular weight excluding hydrogens is 504 g/mol.